The molecule has 0 saturated heterocycles. The molecule has 0 radical (unpaired) electrons. The van der Waals surface area contributed by atoms with E-state index < -0.39 is 6.03 Å². The number of urea groups is 1. The van der Waals surface area contributed by atoms with E-state index in [1.807, 2.05) is 4.98 Å². The van der Waals surface area contributed by atoms with E-state index in [1.165, 1.54) is 0 Å². The Labute approximate surface area is 28.2 Å². The quantitative estimate of drug-likeness (QED) is 0.406. The molecule has 0 atom stereocenters. The number of nitrogens with zero attached hydrogens (tertiary/aromatic N) is 2. The molecule has 5 heavy (non-hydrogen) atoms. The summed E-state index contributed by atoms with van der Waals surface area (Å²) in [6, 6.07) is -1.06. The lowest BCUT2D eigenvalue weighted by atomic mass is 11.2. The molecule has 0 bridgehead atoms. The number of amides is 2. The lowest BCUT2D eigenvalue weighted by Gasteiger charge is -1.41. The van der Waals surface area contributed by atoms with Crippen LogP contribution in [0, 0.1) is 5.39 Å². The summed E-state index contributed by atoms with van der Waals surface area (Å²) in [7, 11) is 0. The fourth-order valence-corrected chi connectivity index (χ4v) is 0. The van der Waals surface area contributed by atoms with Gasteiger partial charge >= 0.3 is 6.03 Å². The zero-order valence-corrected chi connectivity index (χ0v) is 2.38. The summed E-state index contributed by atoms with van der Waals surface area (Å²) in [6.45, 7) is 0. The van der Waals surface area contributed by atoms with Gasteiger partial charge < -0.3 is 0 Å². The Morgan fingerprint density at radius 2 is 2.20 bits per heavy atom. The van der Waals surface area contributed by atoms with E-state index in [-0.39, 0.29) is 0 Å². The summed E-state index contributed by atoms with van der Waals surface area (Å²) in [5.74, 6) is 0. The lowest BCUT2D eigenvalue weighted by molar-refractivity contribution is 0.261. The van der Waals surface area contributed by atoms with E-state index in [2.05, 4.69) is 5.73 Å². The van der Waals surface area contributed by atoms with Gasteiger partial charge in [-0.1, -0.05) is 0 Å². The third-order valence-corrected chi connectivity index (χ3v) is 0.0986. The van der Waals surface area contributed by atoms with Crippen LogP contribution in [0.15, 0.2) is 0 Å². The topological polar surface area (TPSA) is 71.2 Å². The molecule has 4 nitrogen and oxygen atoms in total. The van der Waals surface area contributed by atoms with Crippen molar-refractivity contribution < 1.29 is 4.79 Å². The highest BCUT2D eigenvalue weighted by Gasteiger charge is 1.93. The van der Waals surface area contributed by atoms with Crippen molar-refractivity contribution in [3.8, 4) is 0 Å². The van der Waals surface area contributed by atoms with Crippen molar-refractivity contribution in [3.05, 3.63) is 4.98 Å². The van der Waals surface area contributed by atoms with E-state index in [1.54, 1.807) is 0 Å². The summed E-state index contributed by atoms with van der Waals surface area (Å²) in [5.41, 5.74) is 4.24. The monoisotopic (exact) mass is 72.0 g/mol. The molecular weight excluding hydrogens is 70.0 g/mol. The molecule has 2 amide bonds. The third kappa shape index (κ3) is 2.89. The van der Waals surface area contributed by atoms with Crippen LogP contribution in [-0.2, 0) is 0 Å². The second-order valence-corrected chi connectivity index (χ2v) is 0.438. The van der Waals surface area contributed by atoms with Crippen molar-refractivity contribution >= 4 is 6.03 Å². The predicted octanol–water partition coefficient (Wildman–Crippen LogP) is -0.0818. The Kier molecular flexibility index (Phi) is 0.962. The molecule has 26 valence electrons. The molecule has 0 heterocycles. The minimum atomic E-state index is -1.06. The number of hydrogen-bond acceptors (Lipinski definition) is 2. The van der Waals surface area contributed by atoms with Crippen LogP contribution < -0.4 is 5.73 Å². The number of nitrogens with two attached hydrogens (primary N) is 1. The molecule has 0 rings (SSSR count). The van der Waals surface area contributed by atoms with Crippen LogP contribution in [0.25, 0.3) is 4.98 Å². The first kappa shape index (κ1) is 3.89. The molecule has 0 saturated carbocycles. The van der Waals surface area contributed by atoms with Gasteiger partial charge in [-0.15, -0.1) is 0 Å². The standard InChI is InChI=1S/CHN3O/c2-1(5)4-3/h(H-,2,5)/p+1. The Hall–Kier alpha value is -1.11. The van der Waals surface area contributed by atoms with Crippen LogP contribution in [-0.4, -0.2) is 6.03 Å². The Balaban J connectivity index is 3.35. The third-order valence-electron chi connectivity index (χ3n) is 0.0986. The molecule has 0 spiro atoms. The maximum atomic E-state index is 9.17. The number of carbonyl (C=O) groups excluding carboxylic acids is 1. The lowest BCUT2D eigenvalue weighted by Crippen LogP contribution is -1.99. The molecule has 0 aliphatic heterocycles. The van der Waals surface area contributed by atoms with Crippen LogP contribution in [0.2, 0.25) is 0 Å². The summed E-state index contributed by atoms with van der Waals surface area (Å²) in [5, 5.41) is 7.29. The highest BCUT2D eigenvalue weighted by atomic mass is 16.2. The second-order valence-electron chi connectivity index (χ2n) is 0.438. The summed E-state index contributed by atoms with van der Waals surface area (Å²) < 4.78 is 0. The molecule has 0 unspecified atom stereocenters. The molecule has 4 heteroatoms. The minimum Gasteiger partial charge on any atom is -0.233 e. The van der Waals surface area contributed by atoms with E-state index in [4.69, 9.17) is 5.39 Å². The number of carbonyl (C=O) groups is 1. The highest BCUT2D eigenvalue weighted by Crippen LogP contribution is 1.55. The van der Waals surface area contributed by atoms with Crippen LogP contribution in [0.5, 0.6) is 0 Å². The van der Waals surface area contributed by atoms with Gasteiger partial charge in [0.05, 0.1) is 4.98 Å². The molecule has 2 N–H and O–H groups in total. The number of hydrogen-bond donors (Lipinski definition) is 1. The van der Waals surface area contributed by atoms with Gasteiger partial charge in [0.2, 0.25) is 0 Å². The van der Waals surface area contributed by atoms with Gasteiger partial charge in [0.15, 0.2) is 0 Å². The molecule has 0 aromatic carbocycles. The SMILES string of the molecule is N#[N+]C(N)=O. The van der Waals surface area contributed by atoms with Crippen LogP contribution >= 0.6 is 0 Å². The van der Waals surface area contributed by atoms with Crippen molar-refractivity contribution in [2.24, 2.45) is 5.73 Å². The summed E-state index contributed by atoms with van der Waals surface area (Å²) in [4.78, 5) is 11.2. The zero-order chi connectivity index (χ0) is 4.28. The fourth-order valence-electron chi connectivity index (χ4n) is 0. The average molecular weight is 72.0 g/mol. The number of diazo groups is 1. The van der Waals surface area contributed by atoms with E-state index in [0.29, 0.717) is 0 Å². The van der Waals surface area contributed by atoms with E-state index in [0.717, 1.165) is 0 Å². The van der Waals surface area contributed by atoms with Gasteiger partial charge in [0.1, 0.15) is 5.39 Å². The maximum absolute atomic E-state index is 9.17. The summed E-state index contributed by atoms with van der Waals surface area (Å²) in [6.07, 6.45) is 0. The second kappa shape index (κ2) is 1.24. The average Bonchev–Trinajstić information content (AvgIpc) is 1.38. The van der Waals surface area contributed by atoms with Crippen molar-refractivity contribution in [2.45, 2.75) is 0 Å². The van der Waals surface area contributed by atoms with Gasteiger partial charge in [0.25, 0.3) is 0 Å². The van der Waals surface area contributed by atoms with E-state index in [9.17, 15) is 4.79 Å². The van der Waals surface area contributed by atoms with Crippen molar-refractivity contribution in [1.29, 1.82) is 5.39 Å². The predicted molar refractivity (Wildman–Crippen MR) is 14.7 cm³/mol. The largest absolute Gasteiger partial charge is 0.629 e. The maximum Gasteiger partial charge on any atom is 0.629 e. The van der Waals surface area contributed by atoms with Gasteiger partial charge in [-0.2, -0.15) is 4.79 Å². The van der Waals surface area contributed by atoms with Gasteiger partial charge in [0, 0.05) is 0 Å². The highest BCUT2D eigenvalue weighted by molar-refractivity contribution is 5.81. The minimum absolute atomic E-state index is 1.06. The number of rotatable bonds is 0. The molecule has 0 aromatic rings. The van der Waals surface area contributed by atoms with Gasteiger partial charge in [-0.3, -0.25) is 0 Å². The Bertz CT molecular complexity index is 79.4. The van der Waals surface area contributed by atoms with Crippen LogP contribution in [0.3, 0.4) is 0 Å². The van der Waals surface area contributed by atoms with Crippen molar-refractivity contribution in [2.75, 3.05) is 0 Å². The normalized spacial score (nSPS) is 5.40. The molecule has 0 aliphatic carbocycles. The first-order valence-corrected chi connectivity index (χ1v) is 0.916. The van der Waals surface area contributed by atoms with Gasteiger partial charge in [-0.25, -0.2) is 5.73 Å². The number of primary amides is 1. The Morgan fingerprint density at radius 3 is 2.20 bits per heavy atom. The zero-order valence-electron chi connectivity index (χ0n) is 2.38. The Morgan fingerprint density at radius 1 is 2.00 bits per heavy atom. The van der Waals surface area contributed by atoms with Crippen LogP contribution in [0.1, 0.15) is 0 Å². The smallest absolute Gasteiger partial charge is 0.233 e. The molecule has 0 aromatic heterocycles. The van der Waals surface area contributed by atoms with Crippen molar-refractivity contribution in [3.63, 3.8) is 0 Å². The van der Waals surface area contributed by atoms with Crippen LogP contribution in [0.4, 0.5) is 4.79 Å². The van der Waals surface area contributed by atoms with Crippen molar-refractivity contribution in [1.82, 2.24) is 0 Å². The first-order chi connectivity index (χ1) is 2.27. The van der Waals surface area contributed by atoms with Gasteiger partial charge in [-0.05, 0) is 0 Å². The molecule has 0 aliphatic rings. The molecular formula is CH2N3O+. The first-order valence-electron chi connectivity index (χ1n) is 0.916. The molecule has 0 fully saturated rings. The summed E-state index contributed by atoms with van der Waals surface area (Å²) >= 11 is 0. The van der Waals surface area contributed by atoms with E-state index >= 15 is 0 Å². The fraction of sp³-hybridized carbons (Fsp3) is 0.